The van der Waals surface area contributed by atoms with Crippen LogP contribution in [-0.2, 0) is 4.43 Å². The molecular formula is C29H48OSi. The molecule has 0 aromatic carbocycles. The third-order valence-electron chi connectivity index (χ3n) is 11.2. The van der Waals surface area contributed by atoms with E-state index in [1.807, 2.05) is 0 Å². The summed E-state index contributed by atoms with van der Waals surface area (Å²) >= 11 is 0. The summed E-state index contributed by atoms with van der Waals surface area (Å²) in [5, 5.41) is 0.294. The molecule has 3 saturated carbocycles. The molecule has 0 heterocycles. The van der Waals surface area contributed by atoms with Crippen LogP contribution in [0.2, 0.25) is 18.1 Å². The van der Waals surface area contributed by atoms with Crippen LogP contribution in [-0.4, -0.2) is 14.4 Å². The van der Waals surface area contributed by atoms with Crippen LogP contribution in [0.4, 0.5) is 0 Å². The first-order valence-corrected chi connectivity index (χ1v) is 16.0. The monoisotopic (exact) mass is 440 g/mol. The van der Waals surface area contributed by atoms with Gasteiger partial charge in [-0.2, -0.15) is 0 Å². The lowest BCUT2D eigenvalue weighted by Gasteiger charge is -2.55. The maximum Gasteiger partial charge on any atom is 0.192 e. The van der Waals surface area contributed by atoms with Gasteiger partial charge in [0.05, 0.1) is 0 Å². The average Bonchev–Trinajstić information content (AvgIpc) is 3.04. The van der Waals surface area contributed by atoms with E-state index >= 15 is 0 Å². The first-order valence-electron chi connectivity index (χ1n) is 13.1. The van der Waals surface area contributed by atoms with Gasteiger partial charge in [0.15, 0.2) is 8.32 Å². The molecule has 0 radical (unpaired) electrons. The van der Waals surface area contributed by atoms with Gasteiger partial charge in [-0.3, -0.25) is 0 Å². The Kier molecular flexibility index (Phi) is 5.87. The lowest BCUT2D eigenvalue weighted by molar-refractivity contribution is 0.0677. The van der Waals surface area contributed by atoms with Gasteiger partial charge in [0.2, 0.25) is 0 Å². The van der Waals surface area contributed by atoms with E-state index < -0.39 is 8.32 Å². The molecule has 2 heteroatoms. The molecule has 4 aliphatic rings. The van der Waals surface area contributed by atoms with Gasteiger partial charge in [-0.05, 0) is 98.6 Å². The van der Waals surface area contributed by atoms with E-state index in [2.05, 4.69) is 79.8 Å². The number of rotatable bonds is 4. The molecule has 4 aliphatic carbocycles. The van der Waals surface area contributed by atoms with Crippen molar-refractivity contribution in [2.45, 2.75) is 118 Å². The lowest BCUT2D eigenvalue weighted by atomic mass is 9.51. The van der Waals surface area contributed by atoms with E-state index in [1.165, 1.54) is 38.5 Å². The van der Waals surface area contributed by atoms with Crippen molar-refractivity contribution in [2.75, 3.05) is 0 Å². The van der Waals surface area contributed by atoms with Crippen LogP contribution in [0.1, 0.15) is 93.4 Å². The number of allylic oxidation sites excluding steroid dienone is 5. The highest BCUT2D eigenvalue weighted by atomic mass is 28.4. The highest BCUT2D eigenvalue weighted by molar-refractivity contribution is 6.74. The number of hydrogen-bond acceptors (Lipinski definition) is 1. The van der Waals surface area contributed by atoms with Crippen LogP contribution in [0.15, 0.2) is 34.9 Å². The van der Waals surface area contributed by atoms with Crippen molar-refractivity contribution in [2.24, 2.45) is 28.6 Å². The largest absolute Gasteiger partial charge is 0.414 e. The van der Waals surface area contributed by atoms with E-state index in [1.54, 1.807) is 16.7 Å². The molecule has 2 unspecified atom stereocenters. The molecule has 5 atom stereocenters. The zero-order valence-corrected chi connectivity index (χ0v) is 22.9. The molecule has 0 aromatic heterocycles. The quantitative estimate of drug-likeness (QED) is 0.313. The number of fused-ring (bicyclic) bond motifs is 5. The van der Waals surface area contributed by atoms with Gasteiger partial charge in [0.1, 0.15) is 0 Å². The first-order chi connectivity index (χ1) is 14.4. The predicted molar refractivity (Wildman–Crippen MR) is 137 cm³/mol. The van der Waals surface area contributed by atoms with E-state index in [0.29, 0.717) is 27.9 Å². The topological polar surface area (TPSA) is 9.23 Å². The summed E-state index contributed by atoms with van der Waals surface area (Å²) in [6.07, 6.45) is 17.1. The molecule has 174 valence electrons. The molecule has 0 spiro atoms. The summed E-state index contributed by atoms with van der Waals surface area (Å²) in [4.78, 5) is 0. The minimum absolute atomic E-state index is 0.294. The molecule has 31 heavy (non-hydrogen) atoms. The zero-order valence-electron chi connectivity index (χ0n) is 21.9. The Morgan fingerprint density at radius 1 is 1.03 bits per heavy atom. The fraction of sp³-hybridized carbons (Fsp3) is 0.793. The van der Waals surface area contributed by atoms with Crippen LogP contribution in [0, 0.1) is 28.6 Å². The van der Waals surface area contributed by atoms with Crippen LogP contribution in [0.5, 0.6) is 0 Å². The maximum absolute atomic E-state index is 7.02. The van der Waals surface area contributed by atoms with Crippen molar-refractivity contribution in [3.8, 4) is 0 Å². The van der Waals surface area contributed by atoms with Gasteiger partial charge in [-0.25, -0.2) is 0 Å². The van der Waals surface area contributed by atoms with Crippen molar-refractivity contribution in [3.05, 3.63) is 34.9 Å². The smallest absolute Gasteiger partial charge is 0.192 e. The molecule has 0 bridgehead atoms. The summed E-state index contributed by atoms with van der Waals surface area (Å²) in [5.41, 5.74) is 6.01. The SMILES string of the molecule is CC=C1CCC2C3=CC=C4C[C@@H](O[Si](C)(C)C(C)(C)C(C)C)CC[C@]4(C)C3CC[C@]12C. The van der Waals surface area contributed by atoms with E-state index in [4.69, 9.17) is 4.43 Å². The second kappa shape index (κ2) is 7.72. The molecule has 0 aliphatic heterocycles. The van der Waals surface area contributed by atoms with Crippen LogP contribution in [0.3, 0.4) is 0 Å². The van der Waals surface area contributed by atoms with Crippen molar-refractivity contribution in [1.82, 2.24) is 0 Å². The summed E-state index contributed by atoms with van der Waals surface area (Å²) in [6, 6.07) is 0. The van der Waals surface area contributed by atoms with E-state index in [0.717, 1.165) is 18.3 Å². The molecular weight excluding hydrogens is 392 g/mol. The average molecular weight is 441 g/mol. The molecule has 0 saturated heterocycles. The lowest BCUT2D eigenvalue weighted by Crippen LogP contribution is -2.50. The molecule has 0 amide bonds. The minimum atomic E-state index is -1.79. The Labute approximate surface area is 193 Å². The van der Waals surface area contributed by atoms with Crippen LogP contribution < -0.4 is 0 Å². The van der Waals surface area contributed by atoms with E-state index in [-0.39, 0.29) is 0 Å². The van der Waals surface area contributed by atoms with Gasteiger partial charge in [0.25, 0.3) is 0 Å². The third kappa shape index (κ3) is 3.50. The Bertz CT molecular complexity index is 813. The summed E-state index contributed by atoms with van der Waals surface area (Å²) in [6.45, 7) is 21.9. The van der Waals surface area contributed by atoms with Gasteiger partial charge in [-0.15, -0.1) is 0 Å². The highest BCUT2D eigenvalue weighted by Crippen LogP contribution is 2.65. The van der Waals surface area contributed by atoms with Gasteiger partial charge in [-0.1, -0.05) is 76.5 Å². The predicted octanol–water partition coefficient (Wildman–Crippen LogP) is 8.84. The van der Waals surface area contributed by atoms with Gasteiger partial charge < -0.3 is 4.43 Å². The Balaban J connectivity index is 1.57. The standard InChI is InChI=1S/C29H48OSi/c1-10-21-12-14-25-24-13-11-22-19-23(30-31(8,9)27(4,5)20(2)3)15-17-29(22,7)26(24)16-18-28(21,25)6/h10-11,13,20,23,25-26H,12,14-19H2,1-9H3/t23-,25?,26?,28+,29-/m0/s1. The second-order valence-corrected chi connectivity index (χ2v) is 17.6. The van der Waals surface area contributed by atoms with E-state index in [9.17, 15) is 0 Å². The molecule has 3 fully saturated rings. The fourth-order valence-electron chi connectivity index (χ4n) is 7.66. The fourth-order valence-corrected chi connectivity index (χ4v) is 10.4. The molecule has 4 rings (SSSR count). The minimum Gasteiger partial charge on any atom is -0.414 e. The van der Waals surface area contributed by atoms with Crippen molar-refractivity contribution in [1.29, 1.82) is 0 Å². The molecule has 0 N–H and O–H groups in total. The summed E-state index contributed by atoms with van der Waals surface area (Å²) in [5.74, 6) is 2.20. The number of hydrogen-bond donors (Lipinski definition) is 0. The molecule has 1 nitrogen and oxygen atoms in total. The zero-order chi connectivity index (χ0) is 22.8. The van der Waals surface area contributed by atoms with Gasteiger partial charge >= 0.3 is 0 Å². The normalized spacial score (nSPS) is 39.7. The van der Waals surface area contributed by atoms with Crippen molar-refractivity contribution in [3.63, 3.8) is 0 Å². The highest BCUT2D eigenvalue weighted by Gasteiger charge is 2.55. The molecule has 0 aromatic rings. The Morgan fingerprint density at radius 3 is 2.32 bits per heavy atom. The van der Waals surface area contributed by atoms with Gasteiger partial charge in [0, 0.05) is 6.10 Å². The Morgan fingerprint density at radius 2 is 1.68 bits per heavy atom. The van der Waals surface area contributed by atoms with Crippen molar-refractivity contribution >= 4 is 8.32 Å². The third-order valence-corrected chi connectivity index (χ3v) is 15.8. The van der Waals surface area contributed by atoms with Crippen molar-refractivity contribution < 1.29 is 4.43 Å². The Hall–Kier alpha value is -0.603. The van der Waals surface area contributed by atoms with Crippen LogP contribution >= 0.6 is 0 Å². The summed E-state index contributed by atoms with van der Waals surface area (Å²) < 4.78 is 7.02. The van der Waals surface area contributed by atoms with Crippen LogP contribution in [0.25, 0.3) is 0 Å². The second-order valence-electron chi connectivity index (χ2n) is 13.1. The first kappa shape index (κ1) is 23.6. The maximum atomic E-state index is 7.02. The summed E-state index contributed by atoms with van der Waals surface area (Å²) in [7, 11) is -1.79.